The molecule has 3 heteroatoms. The number of rotatable bonds is 2. The molecule has 0 aliphatic carbocycles. The summed E-state index contributed by atoms with van der Waals surface area (Å²) in [4.78, 5) is 11.5. The number of ketones is 1. The molecule has 0 heterocycles. The lowest BCUT2D eigenvalue weighted by Gasteiger charge is -2.10. The highest BCUT2D eigenvalue weighted by Gasteiger charge is 2.17. The van der Waals surface area contributed by atoms with Gasteiger partial charge >= 0.3 is 0 Å². The standard InChI is InChI=1S/C14H11O3/c1-9(15)13-11(7-8-12(16)14(13)17)10-5-3-2-4-6-10/h2-7,16-17H,1H3. The number of aromatic hydroxyl groups is 2. The monoisotopic (exact) mass is 227 g/mol. The van der Waals surface area contributed by atoms with Crippen molar-refractivity contribution >= 4 is 5.78 Å². The Hall–Kier alpha value is -2.29. The van der Waals surface area contributed by atoms with Crippen LogP contribution in [0.25, 0.3) is 11.1 Å². The van der Waals surface area contributed by atoms with E-state index in [4.69, 9.17) is 0 Å². The molecule has 0 unspecified atom stereocenters. The summed E-state index contributed by atoms with van der Waals surface area (Å²) < 4.78 is 0. The number of hydrogen-bond donors (Lipinski definition) is 2. The van der Waals surface area contributed by atoms with Crippen molar-refractivity contribution in [1.29, 1.82) is 0 Å². The van der Waals surface area contributed by atoms with Crippen molar-refractivity contribution in [3.63, 3.8) is 0 Å². The van der Waals surface area contributed by atoms with E-state index in [0.717, 1.165) is 5.56 Å². The second kappa shape index (κ2) is 4.29. The molecule has 1 radical (unpaired) electrons. The van der Waals surface area contributed by atoms with Gasteiger partial charge < -0.3 is 10.2 Å². The van der Waals surface area contributed by atoms with E-state index < -0.39 is 11.5 Å². The molecule has 0 spiro atoms. The van der Waals surface area contributed by atoms with Crippen LogP contribution in [0.1, 0.15) is 17.3 Å². The smallest absolute Gasteiger partial charge is 0.169 e. The minimum atomic E-state index is -0.418. The predicted octanol–water partition coefficient (Wildman–Crippen LogP) is 2.77. The lowest BCUT2D eigenvalue weighted by Crippen LogP contribution is -1.97. The molecular formula is C14H11O3. The number of carbonyl (C=O) groups is 1. The molecule has 2 aromatic carbocycles. The van der Waals surface area contributed by atoms with Gasteiger partial charge in [0.25, 0.3) is 0 Å². The normalized spacial score (nSPS) is 10.2. The van der Waals surface area contributed by atoms with Crippen LogP contribution in [0.2, 0.25) is 0 Å². The molecule has 0 aliphatic rings. The molecule has 2 N–H and O–H groups in total. The molecule has 0 aliphatic heterocycles. The number of Topliss-reactive ketones (excluding diaryl/α,β-unsaturated/α-hetero) is 1. The fourth-order valence-electron chi connectivity index (χ4n) is 1.73. The summed E-state index contributed by atoms with van der Waals surface area (Å²) in [6.45, 7) is 1.35. The maximum Gasteiger partial charge on any atom is 0.169 e. The van der Waals surface area contributed by atoms with E-state index in [1.54, 1.807) is 0 Å². The van der Waals surface area contributed by atoms with Crippen molar-refractivity contribution in [3.05, 3.63) is 48.0 Å². The SMILES string of the molecule is CC(=O)c1c(-c2ccccc2)c[c]c(O)c1O. The molecular weight excluding hydrogens is 216 g/mol. The van der Waals surface area contributed by atoms with Crippen LogP contribution in [0.15, 0.2) is 36.4 Å². The van der Waals surface area contributed by atoms with Gasteiger partial charge in [0.15, 0.2) is 17.3 Å². The van der Waals surface area contributed by atoms with Gasteiger partial charge in [-0.15, -0.1) is 0 Å². The molecule has 3 nitrogen and oxygen atoms in total. The predicted molar refractivity (Wildman–Crippen MR) is 64.0 cm³/mol. The lowest BCUT2D eigenvalue weighted by molar-refractivity contribution is 0.101. The van der Waals surface area contributed by atoms with Crippen LogP contribution in [0, 0.1) is 6.07 Å². The van der Waals surface area contributed by atoms with E-state index in [1.165, 1.54) is 13.0 Å². The van der Waals surface area contributed by atoms with Crippen LogP contribution in [0.4, 0.5) is 0 Å². The van der Waals surface area contributed by atoms with E-state index in [-0.39, 0.29) is 11.3 Å². The first-order chi connectivity index (χ1) is 8.11. The van der Waals surface area contributed by atoms with Gasteiger partial charge in [-0.2, -0.15) is 0 Å². The largest absolute Gasteiger partial charge is 0.504 e. The fourth-order valence-corrected chi connectivity index (χ4v) is 1.73. The first kappa shape index (κ1) is 11.2. The second-order valence-electron chi connectivity index (χ2n) is 3.70. The quantitative estimate of drug-likeness (QED) is 0.612. The molecule has 0 fully saturated rings. The van der Waals surface area contributed by atoms with Gasteiger partial charge in [-0.3, -0.25) is 4.79 Å². The minimum absolute atomic E-state index is 0.118. The highest BCUT2D eigenvalue weighted by Crippen LogP contribution is 2.36. The lowest BCUT2D eigenvalue weighted by atomic mass is 9.96. The minimum Gasteiger partial charge on any atom is -0.504 e. The molecule has 0 atom stereocenters. The maximum absolute atomic E-state index is 11.5. The Labute approximate surface area is 99.0 Å². The number of phenols is 2. The maximum atomic E-state index is 11.5. The average Bonchev–Trinajstić information content (AvgIpc) is 2.33. The Balaban J connectivity index is 2.71. The average molecular weight is 227 g/mol. The summed E-state index contributed by atoms with van der Waals surface area (Å²) in [6.07, 6.45) is 0. The third-order valence-corrected chi connectivity index (χ3v) is 2.52. The summed E-state index contributed by atoms with van der Waals surface area (Å²) in [5.41, 5.74) is 1.48. The van der Waals surface area contributed by atoms with Crippen molar-refractivity contribution in [2.45, 2.75) is 6.92 Å². The van der Waals surface area contributed by atoms with Gasteiger partial charge in [0.05, 0.1) is 5.56 Å². The van der Waals surface area contributed by atoms with Crippen molar-refractivity contribution in [2.75, 3.05) is 0 Å². The topological polar surface area (TPSA) is 57.5 Å². The van der Waals surface area contributed by atoms with Gasteiger partial charge in [0.1, 0.15) is 0 Å². The first-order valence-corrected chi connectivity index (χ1v) is 5.14. The fraction of sp³-hybridized carbons (Fsp3) is 0.0714. The first-order valence-electron chi connectivity index (χ1n) is 5.14. The number of hydrogen-bond acceptors (Lipinski definition) is 3. The van der Waals surface area contributed by atoms with E-state index in [9.17, 15) is 15.0 Å². The molecule has 85 valence electrons. The second-order valence-corrected chi connectivity index (χ2v) is 3.70. The molecule has 0 saturated carbocycles. The molecule has 2 aromatic rings. The molecule has 0 bridgehead atoms. The van der Waals surface area contributed by atoms with Gasteiger partial charge in [-0.05, 0) is 24.1 Å². The van der Waals surface area contributed by atoms with Crippen LogP contribution in [0.3, 0.4) is 0 Å². The van der Waals surface area contributed by atoms with E-state index in [1.807, 2.05) is 30.3 Å². The summed E-state index contributed by atoms with van der Waals surface area (Å²) in [6, 6.07) is 13.2. The van der Waals surface area contributed by atoms with Gasteiger partial charge in [0, 0.05) is 6.07 Å². The highest BCUT2D eigenvalue weighted by molar-refractivity contribution is 6.04. The van der Waals surface area contributed by atoms with Crippen molar-refractivity contribution in [3.8, 4) is 22.6 Å². The zero-order valence-corrected chi connectivity index (χ0v) is 9.27. The summed E-state index contributed by atoms with van der Waals surface area (Å²) in [5, 5.41) is 19.1. The number of phenolic OH excluding ortho intramolecular Hbond substituents is 2. The van der Waals surface area contributed by atoms with E-state index in [0.29, 0.717) is 5.56 Å². The van der Waals surface area contributed by atoms with Crippen LogP contribution < -0.4 is 0 Å². The van der Waals surface area contributed by atoms with Crippen LogP contribution in [0.5, 0.6) is 11.5 Å². The Morgan fingerprint density at radius 2 is 1.82 bits per heavy atom. The summed E-state index contributed by atoms with van der Waals surface area (Å²) >= 11 is 0. The van der Waals surface area contributed by atoms with Crippen LogP contribution >= 0.6 is 0 Å². The summed E-state index contributed by atoms with van der Waals surface area (Å²) in [5.74, 6) is -1.13. The third-order valence-electron chi connectivity index (χ3n) is 2.52. The van der Waals surface area contributed by atoms with Crippen LogP contribution in [-0.4, -0.2) is 16.0 Å². The van der Waals surface area contributed by atoms with Crippen LogP contribution in [-0.2, 0) is 0 Å². The zero-order valence-electron chi connectivity index (χ0n) is 9.27. The van der Waals surface area contributed by atoms with E-state index >= 15 is 0 Å². The molecule has 0 saturated heterocycles. The molecule has 2 rings (SSSR count). The van der Waals surface area contributed by atoms with E-state index in [2.05, 4.69) is 6.07 Å². The van der Waals surface area contributed by atoms with Gasteiger partial charge in [-0.25, -0.2) is 0 Å². The summed E-state index contributed by atoms with van der Waals surface area (Å²) in [7, 11) is 0. The van der Waals surface area contributed by atoms with Crippen molar-refractivity contribution in [1.82, 2.24) is 0 Å². The zero-order chi connectivity index (χ0) is 12.4. The Morgan fingerprint density at radius 1 is 1.18 bits per heavy atom. The molecule has 17 heavy (non-hydrogen) atoms. The third kappa shape index (κ3) is 1.99. The Morgan fingerprint density at radius 3 is 2.41 bits per heavy atom. The molecule has 0 aromatic heterocycles. The number of carbonyl (C=O) groups excluding carboxylic acids is 1. The Bertz CT molecular complexity index is 559. The number of benzene rings is 2. The Kier molecular flexibility index (Phi) is 2.83. The van der Waals surface area contributed by atoms with Crippen molar-refractivity contribution < 1.29 is 15.0 Å². The molecule has 0 amide bonds. The van der Waals surface area contributed by atoms with Gasteiger partial charge in [-0.1, -0.05) is 30.3 Å². The highest BCUT2D eigenvalue weighted by atomic mass is 16.3. The van der Waals surface area contributed by atoms with Gasteiger partial charge in [0.2, 0.25) is 0 Å². The van der Waals surface area contributed by atoms with Crippen molar-refractivity contribution in [2.24, 2.45) is 0 Å².